The van der Waals surface area contributed by atoms with Gasteiger partial charge in [0.15, 0.2) is 6.61 Å². The molecule has 2 N–H and O–H groups in total. The summed E-state index contributed by atoms with van der Waals surface area (Å²) in [7, 11) is 0. The fourth-order valence-electron chi connectivity index (χ4n) is 3.03. The lowest BCUT2D eigenvalue weighted by molar-refractivity contribution is -0.123. The van der Waals surface area contributed by atoms with Crippen molar-refractivity contribution in [2.24, 2.45) is 5.10 Å². The SMILES string of the molecule is O=C(COc1ccc2ccccc2c1)N/N=C\c1ccc(-c2ccc(Cl)c(C(=O)O)c2)o1. The molecule has 0 saturated carbocycles. The Morgan fingerprint density at radius 1 is 1.03 bits per heavy atom. The molecular formula is C24H17ClN2O5. The van der Waals surface area contributed by atoms with Crippen molar-refractivity contribution in [2.45, 2.75) is 0 Å². The van der Waals surface area contributed by atoms with E-state index in [1.807, 2.05) is 36.4 Å². The first-order valence-corrected chi connectivity index (χ1v) is 9.94. The van der Waals surface area contributed by atoms with Crippen LogP contribution < -0.4 is 10.2 Å². The van der Waals surface area contributed by atoms with E-state index in [1.165, 1.54) is 18.3 Å². The number of amides is 1. The first kappa shape index (κ1) is 21.1. The molecular weight excluding hydrogens is 432 g/mol. The summed E-state index contributed by atoms with van der Waals surface area (Å²) in [4.78, 5) is 23.2. The van der Waals surface area contributed by atoms with Crippen molar-refractivity contribution < 1.29 is 23.8 Å². The summed E-state index contributed by atoms with van der Waals surface area (Å²) in [5.74, 6) is -0.148. The third-order valence-electron chi connectivity index (χ3n) is 4.58. The lowest BCUT2D eigenvalue weighted by atomic mass is 10.1. The molecule has 4 aromatic rings. The number of hydrogen-bond acceptors (Lipinski definition) is 5. The van der Waals surface area contributed by atoms with Crippen LogP contribution in [0.15, 0.2) is 82.3 Å². The molecule has 0 radical (unpaired) electrons. The Morgan fingerprint density at radius 2 is 1.84 bits per heavy atom. The summed E-state index contributed by atoms with van der Waals surface area (Å²) in [5, 5.41) is 15.3. The second kappa shape index (κ2) is 9.36. The minimum Gasteiger partial charge on any atom is -0.484 e. The van der Waals surface area contributed by atoms with Gasteiger partial charge in [0, 0.05) is 5.56 Å². The molecule has 0 unspecified atom stereocenters. The van der Waals surface area contributed by atoms with Crippen LogP contribution in [0, 0.1) is 0 Å². The Hall–Kier alpha value is -4.10. The largest absolute Gasteiger partial charge is 0.484 e. The maximum Gasteiger partial charge on any atom is 0.337 e. The molecule has 0 aliphatic rings. The van der Waals surface area contributed by atoms with Crippen molar-refractivity contribution in [3.63, 3.8) is 0 Å². The summed E-state index contributed by atoms with van der Waals surface area (Å²) >= 11 is 5.89. The van der Waals surface area contributed by atoms with E-state index in [2.05, 4.69) is 10.5 Å². The van der Waals surface area contributed by atoms with Crippen LogP contribution in [-0.4, -0.2) is 29.8 Å². The number of furan rings is 1. The normalized spacial score (nSPS) is 11.0. The number of carbonyl (C=O) groups excluding carboxylic acids is 1. The number of hydrogen-bond donors (Lipinski definition) is 2. The van der Waals surface area contributed by atoms with Crippen molar-refractivity contribution >= 4 is 40.5 Å². The van der Waals surface area contributed by atoms with E-state index in [0.29, 0.717) is 22.8 Å². The predicted molar refractivity (Wildman–Crippen MR) is 121 cm³/mol. The number of aromatic carboxylic acids is 1. The average Bonchev–Trinajstić information content (AvgIpc) is 3.26. The first-order valence-electron chi connectivity index (χ1n) is 9.56. The number of nitrogens with one attached hydrogen (secondary N) is 1. The molecule has 1 amide bonds. The van der Waals surface area contributed by atoms with E-state index < -0.39 is 11.9 Å². The van der Waals surface area contributed by atoms with Gasteiger partial charge in [-0.2, -0.15) is 5.10 Å². The van der Waals surface area contributed by atoms with E-state index in [9.17, 15) is 14.7 Å². The molecule has 7 nitrogen and oxygen atoms in total. The number of carboxylic acids is 1. The standard InChI is InChI=1S/C24H17ClN2O5/c25-21-9-6-17(12-20(21)24(29)30)22-10-8-19(32-22)13-26-27-23(28)14-31-18-7-5-15-3-1-2-4-16(15)11-18/h1-13H,14H2,(H,27,28)(H,29,30)/b26-13-. The zero-order chi connectivity index (χ0) is 22.5. The highest BCUT2D eigenvalue weighted by Gasteiger charge is 2.12. The van der Waals surface area contributed by atoms with Crippen molar-refractivity contribution in [3.05, 3.63) is 89.1 Å². The quantitative estimate of drug-likeness (QED) is 0.306. The number of fused-ring (bicyclic) bond motifs is 1. The molecule has 1 heterocycles. The number of carboxylic acid groups (broad SMARTS) is 1. The van der Waals surface area contributed by atoms with Crippen molar-refractivity contribution in [2.75, 3.05) is 6.61 Å². The number of halogens is 1. The average molecular weight is 449 g/mol. The van der Waals surface area contributed by atoms with Gasteiger partial charge >= 0.3 is 5.97 Å². The maximum atomic E-state index is 12.0. The summed E-state index contributed by atoms with van der Waals surface area (Å²) in [6, 6.07) is 21.3. The molecule has 0 aliphatic carbocycles. The Bertz CT molecular complexity index is 1330. The minimum absolute atomic E-state index is 0.0190. The Balaban J connectivity index is 1.33. The lowest BCUT2D eigenvalue weighted by Gasteiger charge is -2.06. The first-order chi connectivity index (χ1) is 15.5. The van der Waals surface area contributed by atoms with Gasteiger partial charge in [0.1, 0.15) is 17.3 Å². The van der Waals surface area contributed by atoms with Crippen LogP contribution in [0.4, 0.5) is 0 Å². The van der Waals surface area contributed by atoms with Gasteiger partial charge in [-0.15, -0.1) is 0 Å². The molecule has 0 aliphatic heterocycles. The second-order valence-corrected chi connectivity index (χ2v) is 7.20. The van der Waals surface area contributed by atoms with Crippen LogP contribution >= 0.6 is 11.6 Å². The fraction of sp³-hybridized carbons (Fsp3) is 0.0417. The topological polar surface area (TPSA) is 101 Å². The highest BCUT2D eigenvalue weighted by molar-refractivity contribution is 6.33. The maximum absolute atomic E-state index is 12.0. The molecule has 4 rings (SSSR count). The van der Waals surface area contributed by atoms with E-state index >= 15 is 0 Å². The zero-order valence-electron chi connectivity index (χ0n) is 16.6. The molecule has 8 heteroatoms. The summed E-state index contributed by atoms with van der Waals surface area (Å²) in [5.41, 5.74) is 2.91. The molecule has 3 aromatic carbocycles. The molecule has 0 spiro atoms. The molecule has 160 valence electrons. The lowest BCUT2D eigenvalue weighted by Crippen LogP contribution is -2.24. The zero-order valence-corrected chi connectivity index (χ0v) is 17.4. The highest BCUT2D eigenvalue weighted by atomic mass is 35.5. The minimum atomic E-state index is -1.13. The number of carbonyl (C=O) groups is 2. The number of benzene rings is 3. The van der Waals surface area contributed by atoms with E-state index in [4.69, 9.17) is 20.8 Å². The van der Waals surface area contributed by atoms with Crippen LogP contribution in [0.2, 0.25) is 5.02 Å². The van der Waals surface area contributed by atoms with Gasteiger partial charge in [-0.3, -0.25) is 4.79 Å². The summed E-state index contributed by atoms with van der Waals surface area (Å²) in [6.07, 6.45) is 1.34. The van der Waals surface area contributed by atoms with E-state index in [0.717, 1.165) is 10.8 Å². The van der Waals surface area contributed by atoms with Crippen molar-refractivity contribution in [1.29, 1.82) is 0 Å². The predicted octanol–water partition coefficient (Wildman–Crippen LogP) is 4.98. The van der Waals surface area contributed by atoms with Crippen molar-refractivity contribution in [3.8, 4) is 17.1 Å². The fourth-order valence-corrected chi connectivity index (χ4v) is 3.22. The van der Waals surface area contributed by atoms with Gasteiger partial charge in [-0.25, -0.2) is 10.2 Å². The third-order valence-corrected chi connectivity index (χ3v) is 4.91. The van der Waals surface area contributed by atoms with Gasteiger partial charge in [0.25, 0.3) is 5.91 Å². The number of ether oxygens (including phenoxy) is 1. The molecule has 0 fully saturated rings. The molecule has 0 atom stereocenters. The van der Waals surface area contributed by atoms with Crippen LogP contribution in [0.3, 0.4) is 0 Å². The molecule has 0 bridgehead atoms. The van der Waals surface area contributed by atoms with Gasteiger partial charge in [0.2, 0.25) is 0 Å². The third kappa shape index (κ3) is 4.96. The van der Waals surface area contributed by atoms with Crippen molar-refractivity contribution in [1.82, 2.24) is 5.43 Å². The second-order valence-electron chi connectivity index (χ2n) is 6.79. The van der Waals surface area contributed by atoms with Gasteiger partial charge in [-0.1, -0.05) is 41.9 Å². The monoisotopic (exact) mass is 448 g/mol. The van der Waals surface area contributed by atoms with Gasteiger partial charge in [-0.05, 0) is 53.2 Å². The number of nitrogens with zero attached hydrogens (tertiary/aromatic N) is 1. The summed E-state index contributed by atoms with van der Waals surface area (Å²) < 4.78 is 11.1. The highest BCUT2D eigenvalue weighted by Crippen LogP contribution is 2.26. The number of hydrazone groups is 1. The number of rotatable bonds is 7. The molecule has 32 heavy (non-hydrogen) atoms. The Kier molecular flexibility index (Phi) is 6.19. The van der Waals surface area contributed by atoms with E-state index in [-0.39, 0.29) is 17.2 Å². The smallest absolute Gasteiger partial charge is 0.337 e. The molecule has 0 saturated heterocycles. The van der Waals surface area contributed by atoms with Crippen LogP contribution in [0.25, 0.3) is 22.1 Å². The van der Waals surface area contributed by atoms with Crippen LogP contribution in [0.5, 0.6) is 5.75 Å². The van der Waals surface area contributed by atoms with Gasteiger partial charge < -0.3 is 14.3 Å². The summed E-state index contributed by atoms with van der Waals surface area (Å²) in [6.45, 7) is -0.193. The van der Waals surface area contributed by atoms with E-state index in [1.54, 1.807) is 24.3 Å². The Morgan fingerprint density at radius 3 is 2.66 bits per heavy atom. The van der Waals surface area contributed by atoms with Crippen LogP contribution in [0.1, 0.15) is 16.1 Å². The van der Waals surface area contributed by atoms with Gasteiger partial charge in [0.05, 0.1) is 16.8 Å². The Labute approximate surface area is 187 Å². The molecule has 1 aromatic heterocycles. The van der Waals surface area contributed by atoms with Crippen LogP contribution in [-0.2, 0) is 4.79 Å².